The fourth-order valence-corrected chi connectivity index (χ4v) is 2.28. The Labute approximate surface area is 142 Å². The smallest absolute Gasteiger partial charge is 0.407 e. The number of amides is 1. The lowest BCUT2D eigenvalue weighted by atomic mass is 10.1. The average Bonchev–Trinajstić information content (AvgIpc) is 2.44. The van der Waals surface area contributed by atoms with Crippen molar-refractivity contribution in [2.45, 2.75) is 58.7 Å². The van der Waals surface area contributed by atoms with Gasteiger partial charge >= 0.3 is 6.09 Å². The van der Waals surface area contributed by atoms with Gasteiger partial charge in [0, 0.05) is 24.7 Å². The minimum Gasteiger partial charge on any atom is -0.444 e. The van der Waals surface area contributed by atoms with Gasteiger partial charge in [-0.15, -0.1) is 0 Å². The number of hydrogen-bond donors (Lipinski definition) is 2. The zero-order valence-electron chi connectivity index (χ0n) is 14.2. The molecule has 0 aromatic heterocycles. The number of carbonyl (C=O) groups excluding carboxylic acids is 1. The molecule has 1 aromatic carbocycles. The summed E-state index contributed by atoms with van der Waals surface area (Å²) in [7, 11) is 0. The molecule has 6 heteroatoms. The van der Waals surface area contributed by atoms with E-state index < -0.39 is 17.5 Å². The summed E-state index contributed by atoms with van der Waals surface area (Å²) >= 11 is 5.78. The van der Waals surface area contributed by atoms with E-state index in [2.05, 4.69) is 17.6 Å². The molecule has 0 heterocycles. The van der Waals surface area contributed by atoms with Crippen LogP contribution >= 0.6 is 11.6 Å². The van der Waals surface area contributed by atoms with Crippen LogP contribution in [0.15, 0.2) is 18.2 Å². The van der Waals surface area contributed by atoms with Crippen molar-refractivity contribution >= 4 is 17.7 Å². The van der Waals surface area contributed by atoms with Gasteiger partial charge in [0.1, 0.15) is 11.4 Å². The summed E-state index contributed by atoms with van der Waals surface area (Å²) in [6, 6.07) is 4.97. The molecular weight excluding hydrogens is 319 g/mol. The molecule has 1 amide bonds. The van der Waals surface area contributed by atoms with E-state index in [0.29, 0.717) is 18.7 Å². The average molecular weight is 345 g/mol. The Bertz CT molecular complexity index is 518. The van der Waals surface area contributed by atoms with Gasteiger partial charge in [-0.2, -0.15) is 0 Å². The minimum absolute atomic E-state index is 0.0332. The number of alkyl carbamates (subject to hydrolysis) is 1. The molecule has 0 aliphatic heterocycles. The summed E-state index contributed by atoms with van der Waals surface area (Å²) in [4.78, 5) is 11.7. The number of ether oxygens (including phenoxy) is 1. The maximum absolute atomic E-state index is 13.9. The Morgan fingerprint density at radius 3 is 2.70 bits per heavy atom. The summed E-state index contributed by atoms with van der Waals surface area (Å²) in [5.74, 6) is -0.406. The van der Waals surface area contributed by atoms with E-state index in [0.717, 1.165) is 12.8 Å². The lowest BCUT2D eigenvalue weighted by molar-refractivity contribution is 0.0521. The Kier molecular flexibility index (Phi) is 7.79. The third kappa shape index (κ3) is 7.66. The van der Waals surface area contributed by atoms with Crippen molar-refractivity contribution in [3.8, 4) is 0 Å². The molecular formula is C17H26ClFN2O2. The third-order valence-corrected chi connectivity index (χ3v) is 3.43. The second-order valence-electron chi connectivity index (χ2n) is 6.46. The van der Waals surface area contributed by atoms with E-state index in [1.54, 1.807) is 12.1 Å². The fraction of sp³-hybridized carbons (Fsp3) is 0.588. The van der Waals surface area contributed by atoms with E-state index in [4.69, 9.17) is 16.3 Å². The van der Waals surface area contributed by atoms with E-state index in [-0.39, 0.29) is 11.1 Å². The molecule has 1 rings (SSSR count). The number of rotatable bonds is 7. The summed E-state index contributed by atoms with van der Waals surface area (Å²) in [5.41, 5.74) is -0.0160. The van der Waals surface area contributed by atoms with Gasteiger partial charge in [0.15, 0.2) is 0 Å². The van der Waals surface area contributed by atoms with Crippen molar-refractivity contribution < 1.29 is 13.9 Å². The number of nitrogens with one attached hydrogen (secondary N) is 2. The van der Waals surface area contributed by atoms with Crippen LogP contribution in [0.4, 0.5) is 9.18 Å². The highest BCUT2D eigenvalue weighted by Gasteiger charge is 2.17. The molecule has 0 aliphatic rings. The SMILES string of the molecule is CCCC(CNC(=O)OC(C)(C)C)NCc1cccc(Cl)c1F. The minimum atomic E-state index is -0.526. The Balaban J connectivity index is 2.52. The van der Waals surface area contributed by atoms with E-state index in [1.807, 2.05) is 20.8 Å². The molecule has 4 nitrogen and oxygen atoms in total. The van der Waals surface area contributed by atoms with Gasteiger partial charge < -0.3 is 15.4 Å². The predicted octanol–water partition coefficient (Wildman–Crippen LogP) is 4.26. The molecule has 0 saturated heterocycles. The van der Waals surface area contributed by atoms with Crippen LogP contribution in [0.5, 0.6) is 0 Å². The Hall–Kier alpha value is -1.33. The van der Waals surface area contributed by atoms with Crippen LogP contribution < -0.4 is 10.6 Å². The van der Waals surface area contributed by atoms with Crippen LogP contribution in [0.3, 0.4) is 0 Å². The quantitative estimate of drug-likeness (QED) is 0.777. The van der Waals surface area contributed by atoms with Crippen molar-refractivity contribution in [3.63, 3.8) is 0 Å². The Morgan fingerprint density at radius 2 is 2.09 bits per heavy atom. The highest BCUT2D eigenvalue weighted by molar-refractivity contribution is 6.30. The molecule has 2 N–H and O–H groups in total. The molecule has 0 aliphatic carbocycles. The van der Waals surface area contributed by atoms with Gasteiger partial charge in [0.2, 0.25) is 0 Å². The molecule has 0 radical (unpaired) electrons. The molecule has 0 saturated carbocycles. The van der Waals surface area contributed by atoms with Crippen LogP contribution in [-0.4, -0.2) is 24.3 Å². The largest absolute Gasteiger partial charge is 0.444 e. The molecule has 1 aromatic rings. The van der Waals surface area contributed by atoms with Gasteiger partial charge in [-0.05, 0) is 33.3 Å². The van der Waals surface area contributed by atoms with Crippen molar-refractivity contribution in [2.75, 3.05) is 6.54 Å². The van der Waals surface area contributed by atoms with Gasteiger partial charge in [-0.25, -0.2) is 9.18 Å². The van der Waals surface area contributed by atoms with Crippen molar-refractivity contribution in [2.24, 2.45) is 0 Å². The number of carbonyl (C=O) groups is 1. The monoisotopic (exact) mass is 344 g/mol. The summed E-state index contributed by atoms with van der Waals surface area (Å²) in [5, 5.41) is 6.11. The summed E-state index contributed by atoms with van der Waals surface area (Å²) in [6.45, 7) is 8.28. The molecule has 130 valence electrons. The molecule has 0 fully saturated rings. The van der Waals surface area contributed by atoms with Crippen molar-refractivity contribution in [1.82, 2.24) is 10.6 Å². The lowest BCUT2D eigenvalue weighted by Gasteiger charge is -2.22. The number of hydrogen-bond acceptors (Lipinski definition) is 3. The highest BCUT2D eigenvalue weighted by atomic mass is 35.5. The zero-order chi connectivity index (χ0) is 17.5. The van der Waals surface area contributed by atoms with Crippen LogP contribution in [-0.2, 0) is 11.3 Å². The van der Waals surface area contributed by atoms with Gasteiger partial charge in [0.25, 0.3) is 0 Å². The first-order valence-electron chi connectivity index (χ1n) is 7.86. The normalized spacial score (nSPS) is 12.8. The van der Waals surface area contributed by atoms with Crippen LogP contribution in [0.1, 0.15) is 46.1 Å². The van der Waals surface area contributed by atoms with Gasteiger partial charge in [0.05, 0.1) is 5.02 Å². The third-order valence-electron chi connectivity index (χ3n) is 3.14. The van der Waals surface area contributed by atoms with Gasteiger partial charge in [-0.3, -0.25) is 0 Å². The highest BCUT2D eigenvalue weighted by Crippen LogP contribution is 2.17. The van der Waals surface area contributed by atoms with Crippen LogP contribution in [0, 0.1) is 5.82 Å². The fourth-order valence-electron chi connectivity index (χ4n) is 2.08. The standard InChI is InChI=1S/C17H26ClFN2O2/c1-5-7-13(11-21-16(22)23-17(2,3)4)20-10-12-8-6-9-14(18)15(12)19/h6,8-9,13,20H,5,7,10-11H2,1-4H3,(H,21,22). The first kappa shape index (κ1) is 19.7. The summed E-state index contributed by atoms with van der Waals surface area (Å²) in [6.07, 6.45) is 1.36. The second-order valence-corrected chi connectivity index (χ2v) is 6.87. The molecule has 1 atom stereocenters. The maximum atomic E-state index is 13.9. The van der Waals surface area contributed by atoms with E-state index in [9.17, 15) is 9.18 Å². The molecule has 1 unspecified atom stereocenters. The maximum Gasteiger partial charge on any atom is 0.407 e. The van der Waals surface area contributed by atoms with E-state index in [1.165, 1.54) is 6.07 Å². The Morgan fingerprint density at radius 1 is 1.39 bits per heavy atom. The van der Waals surface area contributed by atoms with Gasteiger partial charge in [-0.1, -0.05) is 37.1 Å². The number of halogens is 2. The van der Waals surface area contributed by atoms with Crippen molar-refractivity contribution in [1.29, 1.82) is 0 Å². The summed E-state index contributed by atoms with van der Waals surface area (Å²) < 4.78 is 19.1. The van der Waals surface area contributed by atoms with Crippen molar-refractivity contribution in [3.05, 3.63) is 34.6 Å². The molecule has 0 bridgehead atoms. The predicted molar refractivity (Wildman–Crippen MR) is 91.2 cm³/mol. The topological polar surface area (TPSA) is 50.4 Å². The molecule has 0 spiro atoms. The van der Waals surface area contributed by atoms with Crippen LogP contribution in [0.2, 0.25) is 5.02 Å². The first-order valence-corrected chi connectivity index (χ1v) is 8.24. The molecule has 23 heavy (non-hydrogen) atoms. The lowest BCUT2D eigenvalue weighted by Crippen LogP contribution is -2.42. The first-order chi connectivity index (χ1) is 10.7. The van der Waals surface area contributed by atoms with E-state index >= 15 is 0 Å². The number of benzene rings is 1. The second kappa shape index (κ2) is 9.08. The van der Waals surface area contributed by atoms with Crippen LogP contribution in [0.25, 0.3) is 0 Å². The zero-order valence-corrected chi connectivity index (χ0v) is 15.0.